The molecule has 0 fully saturated rings. The molecule has 0 N–H and O–H groups in total. The van der Waals surface area contributed by atoms with Gasteiger partial charge in [0, 0.05) is 8.95 Å². The first-order valence-electron chi connectivity index (χ1n) is 8.62. The molecule has 2 aromatic carbocycles. The Labute approximate surface area is 188 Å². The van der Waals surface area contributed by atoms with Gasteiger partial charge in [0.2, 0.25) is 8.07 Å². The molecular weight excluding hydrogens is 516 g/mol. The highest BCUT2D eigenvalue weighted by atomic mass is 79.9. The summed E-state index contributed by atoms with van der Waals surface area (Å²) in [5.41, 5.74) is 7.10. The van der Waals surface area contributed by atoms with Gasteiger partial charge in [-0.25, -0.2) is 9.59 Å². The van der Waals surface area contributed by atoms with Gasteiger partial charge in [-0.1, -0.05) is 55.8 Å². The SMILES string of the molecule is C[Si](C)(C#CCOC(=O)c1cccc(Br)c1)C#CCOC(=O)c1cccc(Br)c1. The van der Waals surface area contributed by atoms with Gasteiger partial charge in [0.15, 0.2) is 13.2 Å². The Morgan fingerprint density at radius 1 is 0.828 bits per heavy atom. The van der Waals surface area contributed by atoms with Crippen LogP contribution in [0.1, 0.15) is 20.7 Å². The first-order chi connectivity index (χ1) is 13.8. The number of ether oxygens (including phenoxy) is 2. The summed E-state index contributed by atoms with van der Waals surface area (Å²) in [5.74, 6) is 4.88. The third-order valence-corrected chi connectivity index (χ3v) is 6.06. The number of hydrogen-bond acceptors (Lipinski definition) is 4. The topological polar surface area (TPSA) is 52.6 Å². The molecule has 0 radical (unpaired) electrons. The van der Waals surface area contributed by atoms with E-state index in [1.807, 2.05) is 25.2 Å². The number of benzene rings is 2. The predicted octanol–water partition coefficient (Wildman–Crippen LogP) is 5.02. The van der Waals surface area contributed by atoms with Crippen molar-refractivity contribution in [3.8, 4) is 22.9 Å². The number of halogens is 2. The van der Waals surface area contributed by atoms with E-state index >= 15 is 0 Å². The van der Waals surface area contributed by atoms with Crippen LogP contribution in [0.3, 0.4) is 0 Å². The number of carbonyl (C=O) groups is 2. The van der Waals surface area contributed by atoms with Gasteiger partial charge < -0.3 is 9.47 Å². The summed E-state index contributed by atoms with van der Waals surface area (Å²) >= 11 is 6.63. The van der Waals surface area contributed by atoms with Crippen molar-refractivity contribution in [3.05, 3.63) is 68.6 Å². The molecule has 0 saturated carbocycles. The second kappa shape index (κ2) is 11.0. The van der Waals surface area contributed by atoms with Crippen molar-refractivity contribution >= 4 is 51.9 Å². The van der Waals surface area contributed by atoms with E-state index in [0.29, 0.717) is 11.1 Å². The van der Waals surface area contributed by atoms with Crippen molar-refractivity contribution in [2.24, 2.45) is 0 Å². The minimum absolute atomic E-state index is 0.00132. The average Bonchev–Trinajstić information content (AvgIpc) is 2.68. The largest absolute Gasteiger partial charge is 0.449 e. The maximum atomic E-state index is 12.0. The minimum atomic E-state index is -2.14. The lowest BCUT2D eigenvalue weighted by atomic mass is 10.2. The fourth-order valence-electron chi connectivity index (χ4n) is 2.15. The van der Waals surface area contributed by atoms with Crippen molar-refractivity contribution in [2.75, 3.05) is 13.2 Å². The van der Waals surface area contributed by atoms with Crippen LogP contribution in [0.25, 0.3) is 0 Å². The fraction of sp³-hybridized carbons (Fsp3) is 0.182. The Morgan fingerprint density at radius 2 is 1.24 bits per heavy atom. The zero-order valence-electron chi connectivity index (χ0n) is 15.9. The quantitative estimate of drug-likeness (QED) is 0.314. The first kappa shape index (κ1) is 23.0. The van der Waals surface area contributed by atoms with Crippen LogP contribution in [-0.2, 0) is 9.47 Å². The lowest BCUT2D eigenvalue weighted by molar-refractivity contribution is 0.0547. The molecule has 0 unspecified atom stereocenters. The van der Waals surface area contributed by atoms with E-state index in [2.05, 4.69) is 54.8 Å². The van der Waals surface area contributed by atoms with Gasteiger partial charge >= 0.3 is 11.9 Å². The van der Waals surface area contributed by atoms with Crippen LogP contribution in [-0.4, -0.2) is 33.2 Å². The van der Waals surface area contributed by atoms with Gasteiger partial charge in [-0.05, 0) is 49.5 Å². The third-order valence-electron chi connectivity index (χ3n) is 3.47. The summed E-state index contributed by atoms with van der Waals surface area (Å²) in [7, 11) is -2.14. The van der Waals surface area contributed by atoms with Crippen molar-refractivity contribution < 1.29 is 19.1 Å². The van der Waals surface area contributed by atoms with Crippen molar-refractivity contribution in [2.45, 2.75) is 13.1 Å². The minimum Gasteiger partial charge on any atom is -0.449 e. The summed E-state index contributed by atoms with van der Waals surface area (Å²) in [4.78, 5) is 23.9. The fourth-order valence-corrected chi connectivity index (χ4v) is 4.04. The van der Waals surface area contributed by atoms with E-state index < -0.39 is 20.0 Å². The molecule has 0 aliphatic carbocycles. The van der Waals surface area contributed by atoms with Crippen molar-refractivity contribution in [1.29, 1.82) is 0 Å². The Hall–Kier alpha value is -2.32. The predicted molar refractivity (Wildman–Crippen MR) is 122 cm³/mol. The molecule has 0 amide bonds. The van der Waals surface area contributed by atoms with Crippen LogP contribution in [0.15, 0.2) is 57.5 Å². The molecule has 0 atom stereocenters. The van der Waals surface area contributed by atoms with Crippen LogP contribution >= 0.6 is 31.9 Å². The van der Waals surface area contributed by atoms with Crippen molar-refractivity contribution in [3.63, 3.8) is 0 Å². The van der Waals surface area contributed by atoms with E-state index in [4.69, 9.17) is 9.47 Å². The number of hydrogen-bond donors (Lipinski definition) is 0. The van der Waals surface area contributed by atoms with Gasteiger partial charge in [0.1, 0.15) is 0 Å². The molecule has 0 aromatic heterocycles. The molecule has 148 valence electrons. The summed E-state index contributed by atoms with van der Waals surface area (Å²) in [6, 6.07) is 13.9. The van der Waals surface area contributed by atoms with Crippen LogP contribution in [0.5, 0.6) is 0 Å². The van der Waals surface area contributed by atoms with Crippen LogP contribution in [0.2, 0.25) is 13.1 Å². The monoisotopic (exact) mass is 532 g/mol. The Bertz CT molecular complexity index is 945. The van der Waals surface area contributed by atoms with E-state index in [9.17, 15) is 9.59 Å². The molecule has 0 aliphatic rings. The summed E-state index contributed by atoms with van der Waals surface area (Å²) in [6.07, 6.45) is 0. The maximum absolute atomic E-state index is 12.0. The normalized spacial score (nSPS) is 10.1. The molecule has 0 bridgehead atoms. The molecular formula is C22H18Br2O4Si. The Kier molecular flexibility index (Phi) is 8.72. The zero-order chi connectivity index (χ0) is 21.3. The molecule has 2 aromatic rings. The second-order valence-electron chi connectivity index (χ2n) is 6.40. The van der Waals surface area contributed by atoms with Gasteiger partial charge in [0.25, 0.3) is 0 Å². The van der Waals surface area contributed by atoms with Gasteiger partial charge in [-0.2, -0.15) is 0 Å². The first-order valence-corrected chi connectivity index (χ1v) is 13.2. The van der Waals surface area contributed by atoms with E-state index in [-0.39, 0.29) is 13.2 Å². The van der Waals surface area contributed by atoms with E-state index in [0.717, 1.165) is 8.95 Å². The highest BCUT2D eigenvalue weighted by Gasteiger charge is 2.14. The lowest BCUT2D eigenvalue weighted by Gasteiger charge is -2.05. The van der Waals surface area contributed by atoms with Gasteiger partial charge in [-0.15, -0.1) is 11.1 Å². The zero-order valence-corrected chi connectivity index (χ0v) is 20.1. The maximum Gasteiger partial charge on any atom is 0.339 e. The Balaban J connectivity index is 1.81. The molecule has 0 aliphatic heterocycles. The number of rotatable bonds is 4. The van der Waals surface area contributed by atoms with Crippen LogP contribution < -0.4 is 0 Å². The molecule has 0 spiro atoms. The standard InChI is InChI=1S/C22H18Br2O4Si/c1-29(2,13-5-11-27-21(25)17-7-3-9-19(23)15-17)14-6-12-28-22(26)18-8-4-10-20(24)16-18/h3-4,7-10,15-16H,11-12H2,1-2H3. The Morgan fingerprint density at radius 3 is 1.62 bits per heavy atom. The van der Waals surface area contributed by atoms with Crippen LogP contribution in [0, 0.1) is 22.9 Å². The molecule has 2 rings (SSSR count). The average molecular weight is 534 g/mol. The van der Waals surface area contributed by atoms with Crippen LogP contribution in [0.4, 0.5) is 0 Å². The molecule has 7 heteroatoms. The summed E-state index contributed by atoms with van der Waals surface area (Å²) in [5, 5.41) is 0. The molecule has 4 nitrogen and oxygen atoms in total. The number of esters is 2. The van der Waals surface area contributed by atoms with Crippen molar-refractivity contribution in [1.82, 2.24) is 0 Å². The van der Waals surface area contributed by atoms with Gasteiger partial charge in [-0.3, -0.25) is 0 Å². The highest BCUT2D eigenvalue weighted by molar-refractivity contribution is 9.10. The lowest BCUT2D eigenvalue weighted by Crippen LogP contribution is -2.21. The number of carbonyl (C=O) groups excluding carboxylic acids is 2. The molecule has 29 heavy (non-hydrogen) atoms. The summed E-state index contributed by atoms with van der Waals surface area (Å²) in [6.45, 7) is 3.95. The highest BCUT2D eigenvalue weighted by Crippen LogP contribution is 2.13. The smallest absolute Gasteiger partial charge is 0.339 e. The molecule has 0 saturated heterocycles. The third kappa shape index (κ3) is 8.29. The molecule has 0 heterocycles. The van der Waals surface area contributed by atoms with E-state index in [1.165, 1.54) is 0 Å². The van der Waals surface area contributed by atoms with Gasteiger partial charge in [0.05, 0.1) is 11.1 Å². The second-order valence-corrected chi connectivity index (χ2v) is 12.0. The summed E-state index contributed by atoms with van der Waals surface area (Å²) < 4.78 is 11.9. The van der Waals surface area contributed by atoms with E-state index in [1.54, 1.807) is 36.4 Å².